The summed E-state index contributed by atoms with van der Waals surface area (Å²) >= 11 is 6.12. The predicted molar refractivity (Wildman–Crippen MR) is 101 cm³/mol. The summed E-state index contributed by atoms with van der Waals surface area (Å²) in [5, 5.41) is 3.29. The Balaban J connectivity index is 1.68. The Labute approximate surface area is 157 Å². The zero-order valence-electron chi connectivity index (χ0n) is 14.6. The number of likely N-dealkylation sites (tertiary alicyclic amines) is 1. The molecule has 0 aliphatic carbocycles. The van der Waals surface area contributed by atoms with Gasteiger partial charge in [0.25, 0.3) is 0 Å². The van der Waals surface area contributed by atoms with Crippen LogP contribution in [0.1, 0.15) is 25.3 Å². The van der Waals surface area contributed by atoms with E-state index >= 15 is 0 Å². The summed E-state index contributed by atoms with van der Waals surface area (Å²) in [6.45, 7) is 2.43. The van der Waals surface area contributed by atoms with E-state index in [9.17, 15) is 9.59 Å². The van der Waals surface area contributed by atoms with Crippen molar-refractivity contribution in [1.29, 1.82) is 0 Å². The Morgan fingerprint density at radius 2 is 1.85 bits per heavy atom. The lowest BCUT2D eigenvalue weighted by molar-refractivity contribution is -0.125. The van der Waals surface area contributed by atoms with Gasteiger partial charge < -0.3 is 10.1 Å². The van der Waals surface area contributed by atoms with Crippen LogP contribution in [0.4, 0.5) is 10.5 Å². The molecule has 3 rings (SSSR count). The lowest BCUT2D eigenvalue weighted by Gasteiger charge is -2.33. The maximum absolute atomic E-state index is 12.9. The molecule has 136 valence electrons. The summed E-state index contributed by atoms with van der Waals surface area (Å²) in [5.74, 6) is -0.264. The molecule has 1 saturated heterocycles. The molecule has 0 aromatic heterocycles. The van der Waals surface area contributed by atoms with Gasteiger partial charge in [-0.05, 0) is 37.5 Å². The number of halogens is 1. The summed E-state index contributed by atoms with van der Waals surface area (Å²) in [7, 11) is 0. The number of carbonyl (C=O) groups is 2. The van der Waals surface area contributed by atoms with Crippen molar-refractivity contribution in [1.82, 2.24) is 4.90 Å². The predicted octanol–water partition coefficient (Wildman–Crippen LogP) is 4.47. The molecule has 1 aliphatic rings. The fourth-order valence-corrected chi connectivity index (χ4v) is 3.29. The average molecular weight is 373 g/mol. The van der Waals surface area contributed by atoms with Crippen LogP contribution >= 0.6 is 11.6 Å². The van der Waals surface area contributed by atoms with Crippen molar-refractivity contribution in [3.8, 4) is 0 Å². The van der Waals surface area contributed by atoms with E-state index in [1.165, 1.54) is 4.90 Å². The minimum atomic E-state index is -0.965. The molecule has 0 spiro atoms. The lowest BCUT2D eigenvalue weighted by Crippen LogP contribution is -2.53. The van der Waals surface area contributed by atoms with E-state index < -0.39 is 11.6 Å². The smallest absolute Gasteiger partial charge is 0.410 e. The van der Waals surface area contributed by atoms with Gasteiger partial charge in [0.05, 0.1) is 10.7 Å². The molecule has 6 heteroatoms. The number of benzene rings is 2. The molecule has 5 nitrogen and oxygen atoms in total. The maximum atomic E-state index is 12.9. The molecule has 2 aromatic rings. The van der Waals surface area contributed by atoms with Gasteiger partial charge >= 0.3 is 6.09 Å². The largest absolute Gasteiger partial charge is 0.445 e. The second kappa shape index (κ2) is 7.79. The van der Waals surface area contributed by atoms with Crippen molar-refractivity contribution in [3.05, 3.63) is 65.2 Å². The molecule has 1 fully saturated rings. The second-order valence-corrected chi connectivity index (χ2v) is 6.91. The summed E-state index contributed by atoms with van der Waals surface area (Å²) in [6, 6.07) is 16.5. The van der Waals surface area contributed by atoms with E-state index in [1.807, 2.05) is 30.3 Å². The van der Waals surface area contributed by atoms with Crippen LogP contribution in [0.25, 0.3) is 0 Å². The van der Waals surface area contributed by atoms with Gasteiger partial charge in [-0.2, -0.15) is 0 Å². The Morgan fingerprint density at radius 3 is 2.58 bits per heavy atom. The van der Waals surface area contributed by atoms with E-state index in [0.717, 1.165) is 12.0 Å². The third-order valence-electron chi connectivity index (χ3n) is 4.68. The van der Waals surface area contributed by atoms with E-state index in [2.05, 4.69) is 5.32 Å². The molecular weight excluding hydrogens is 352 g/mol. The average Bonchev–Trinajstić information content (AvgIpc) is 3.05. The molecule has 26 heavy (non-hydrogen) atoms. The molecule has 1 unspecified atom stereocenters. The van der Waals surface area contributed by atoms with Crippen LogP contribution < -0.4 is 5.32 Å². The van der Waals surface area contributed by atoms with Crippen molar-refractivity contribution in [2.75, 3.05) is 11.9 Å². The van der Waals surface area contributed by atoms with Gasteiger partial charge in [-0.3, -0.25) is 9.69 Å². The number of rotatable bonds is 4. The molecule has 0 saturated carbocycles. The summed E-state index contributed by atoms with van der Waals surface area (Å²) in [6.07, 6.45) is 0.833. The first-order valence-electron chi connectivity index (χ1n) is 8.55. The third kappa shape index (κ3) is 3.83. The van der Waals surface area contributed by atoms with Gasteiger partial charge in [-0.1, -0.05) is 54.1 Å². The highest BCUT2D eigenvalue weighted by Gasteiger charge is 2.46. The molecule has 1 atom stereocenters. The zero-order valence-corrected chi connectivity index (χ0v) is 15.3. The van der Waals surface area contributed by atoms with Crippen molar-refractivity contribution in [2.24, 2.45) is 0 Å². The number of nitrogens with one attached hydrogen (secondary N) is 1. The quantitative estimate of drug-likeness (QED) is 0.861. The van der Waals surface area contributed by atoms with Gasteiger partial charge in [-0.15, -0.1) is 0 Å². The lowest BCUT2D eigenvalue weighted by atomic mass is 9.98. The number of hydrogen-bond donors (Lipinski definition) is 1. The molecule has 0 radical (unpaired) electrons. The number of anilines is 1. The van der Waals surface area contributed by atoms with Crippen molar-refractivity contribution in [3.63, 3.8) is 0 Å². The van der Waals surface area contributed by atoms with Crippen molar-refractivity contribution < 1.29 is 14.3 Å². The van der Waals surface area contributed by atoms with E-state index in [1.54, 1.807) is 31.2 Å². The normalized spacial score (nSPS) is 19.2. The van der Waals surface area contributed by atoms with Crippen LogP contribution in [-0.4, -0.2) is 29.0 Å². The van der Waals surface area contributed by atoms with Gasteiger partial charge in [0.2, 0.25) is 5.91 Å². The van der Waals surface area contributed by atoms with Crippen LogP contribution in [0.3, 0.4) is 0 Å². The Hall–Kier alpha value is -2.53. The topological polar surface area (TPSA) is 58.6 Å². The standard InChI is InChI=1S/C20H21ClN2O3/c1-20(18(24)22-17-11-6-5-10-16(17)21)12-7-13-23(20)19(25)26-14-15-8-3-2-4-9-15/h2-6,8-11H,7,12-14H2,1H3,(H,22,24). The molecule has 0 bridgehead atoms. The molecule has 2 aromatic carbocycles. The van der Waals surface area contributed by atoms with Gasteiger partial charge in [-0.25, -0.2) is 4.79 Å². The maximum Gasteiger partial charge on any atom is 0.410 e. The van der Waals surface area contributed by atoms with E-state index in [0.29, 0.717) is 23.7 Å². The molecule has 1 aliphatic heterocycles. The van der Waals surface area contributed by atoms with Crippen LogP contribution in [0.15, 0.2) is 54.6 Å². The first kappa shape index (κ1) is 18.3. The van der Waals surface area contributed by atoms with Crippen LogP contribution in [0, 0.1) is 0 Å². The van der Waals surface area contributed by atoms with E-state index in [-0.39, 0.29) is 12.5 Å². The monoisotopic (exact) mass is 372 g/mol. The van der Waals surface area contributed by atoms with Crippen LogP contribution in [0.2, 0.25) is 5.02 Å². The van der Waals surface area contributed by atoms with Crippen LogP contribution in [0.5, 0.6) is 0 Å². The first-order chi connectivity index (χ1) is 12.5. The first-order valence-corrected chi connectivity index (χ1v) is 8.93. The molecule has 1 heterocycles. The Kier molecular flexibility index (Phi) is 5.47. The number of ether oxygens (including phenoxy) is 1. The van der Waals surface area contributed by atoms with E-state index in [4.69, 9.17) is 16.3 Å². The fourth-order valence-electron chi connectivity index (χ4n) is 3.11. The zero-order chi connectivity index (χ0) is 18.6. The van der Waals surface area contributed by atoms with Crippen molar-refractivity contribution in [2.45, 2.75) is 31.9 Å². The summed E-state index contributed by atoms with van der Waals surface area (Å²) in [4.78, 5) is 26.9. The number of para-hydroxylation sites is 1. The fraction of sp³-hybridized carbons (Fsp3) is 0.300. The number of hydrogen-bond acceptors (Lipinski definition) is 3. The SMILES string of the molecule is CC1(C(=O)Nc2ccccc2Cl)CCCN1C(=O)OCc1ccccc1. The number of carbonyl (C=O) groups excluding carboxylic acids is 2. The minimum absolute atomic E-state index is 0.179. The highest BCUT2D eigenvalue weighted by Crippen LogP contribution is 2.32. The highest BCUT2D eigenvalue weighted by molar-refractivity contribution is 6.33. The van der Waals surface area contributed by atoms with Gasteiger partial charge in [0, 0.05) is 6.54 Å². The molecule has 2 amide bonds. The Morgan fingerprint density at radius 1 is 1.15 bits per heavy atom. The second-order valence-electron chi connectivity index (χ2n) is 6.50. The number of nitrogens with zero attached hydrogens (tertiary/aromatic N) is 1. The van der Waals surface area contributed by atoms with Gasteiger partial charge in [0.1, 0.15) is 12.1 Å². The minimum Gasteiger partial charge on any atom is -0.445 e. The van der Waals surface area contributed by atoms with Crippen LogP contribution in [-0.2, 0) is 16.1 Å². The highest BCUT2D eigenvalue weighted by atomic mass is 35.5. The Bertz CT molecular complexity index is 797. The van der Waals surface area contributed by atoms with Gasteiger partial charge in [0.15, 0.2) is 0 Å². The molecular formula is C20H21ClN2O3. The number of amides is 2. The molecule has 1 N–H and O–H groups in total. The summed E-state index contributed by atoms with van der Waals surface area (Å²) in [5.41, 5.74) is 0.472. The third-order valence-corrected chi connectivity index (χ3v) is 5.01. The summed E-state index contributed by atoms with van der Waals surface area (Å²) < 4.78 is 5.41. The van der Waals surface area contributed by atoms with Crippen molar-refractivity contribution >= 4 is 29.3 Å².